The molecule has 1 aromatic rings. The lowest BCUT2D eigenvalue weighted by Gasteiger charge is -2.13. The molecule has 0 aromatic heterocycles. The van der Waals surface area contributed by atoms with Crippen LogP contribution in [0.5, 0.6) is 0 Å². The molecule has 16 heavy (non-hydrogen) atoms. The molecule has 2 unspecified atom stereocenters. The predicted octanol–water partition coefficient (Wildman–Crippen LogP) is 0.492. The largest absolute Gasteiger partial charge is 0.391 e. The molecule has 0 bridgehead atoms. The van der Waals surface area contributed by atoms with Crippen molar-refractivity contribution in [3.63, 3.8) is 0 Å². The number of amides is 3. The molecule has 0 aliphatic carbocycles. The smallest absolute Gasteiger partial charge is 0.329 e. The number of nitrogens with zero attached hydrogens (tertiary/aromatic N) is 1. The highest BCUT2D eigenvalue weighted by Crippen LogP contribution is 2.19. The molecule has 1 heterocycles. The Hall–Kier alpha value is -1.88. The molecule has 0 saturated carbocycles. The third-order valence-electron chi connectivity index (χ3n) is 2.47. The third kappa shape index (κ3) is 1.65. The summed E-state index contributed by atoms with van der Waals surface area (Å²) in [5.41, 5.74) is 0.508. The van der Waals surface area contributed by atoms with Crippen molar-refractivity contribution in [3.05, 3.63) is 30.3 Å². The molecule has 1 aliphatic rings. The summed E-state index contributed by atoms with van der Waals surface area (Å²) < 4.78 is 0. The number of benzene rings is 1. The molecule has 2 rings (SSSR count). The zero-order chi connectivity index (χ0) is 11.7. The van der Waals surface area contributed by atoms with E-state index in [1.165, 1.54) is 6.92 Å². The summed E-state index contributed by atoms with van der Waals surface area (Å²) in [7, 11) is 0. The third-order valence-corrected chi connectivity index (χ3v) is 2.47. The molecule has 3 amide bonds. The number of carbonyl (C=O) groups excluding carboxylic acids is 2. The van der Waals surface area contributed by atoms with Crippen LogP contribution in [0, 0.1) is 0 Å². The molecule has 5 heteroatoms. The fourth-order valence-corrected chi connectivity index (χ4v) is 1.65. The minimum atomic E-state index is -0.898. The summed E-state index contributed by atoms with van der Waals surface area (Å²) in [4.78, 5) is 24.5. The second-order valence-corrected chi connectivity index (χ2v) is 3.68. The van der Waals surface area contributed by atoms with Crippen molar-refractivity contribution in [1.29, 1.82) is 0 Å². The van der Waals surface area contributed by atoms with E-state index in [4.69, 9.17) is 0 Å². The topological polar surface area (TPSA) is 69.6 Å². The number of rotatable bonds is 2. The summed E-state index contributed by atoms with van der Waals surface area (Å²) in [6.45, 7) is 1.47. The van der Waals surface area contributed by atoms with Gasteiger partial charge in [-0.15, -0.1) is 0 Å². The Bertz CT molecular complexity index is 416. The van der Waals surface area contributed by atoms with Crippen LogP contribution in [0.4, 0.5) is 10.5 Å². The van der Waals surface area contributed by atoms with E-state index in [1.54, 1.807) is 30.3 Å². The number of hydrogen-bond donors (Lipinski definition) is 2. The van der Waals surface area contributed by atoms with Gasteiger partial charge in [0, 0.05) is 0 Å². The first-order chi connectivity index (χ1) is 7.61. The van der Waals surface area contributed by atoms with Crippen LogP contribution < -0.4 is 10.2 Å². The number of anilines is 1. The first-order valence-corrected chi connectivity index (χ1v) is 4.99. The van der Waals surface area contributed by atoms with Gasteiger partial charge in [-0.1, -0.05) is 18.2 Å². The highest BCUT2D eigenvalue weighted by atomic mass is 16.3. The number of nitrogens with one attached hydrogen (secondary N) is 1. The van der Waals surface area contributed by atoms with E-state index < -0.39 is 24.1 Å². The molecular formula is C11H12N2O3. The number of para-hydroxylation sites is 1. The minimum Gasteiger partial charge on any atom is -0.391 e. The number of hydrogen-bond acceptors (Lipinski definition) is 3. The lowest BCUT2D eigenvalue weighted by atomic mass is 10.2. The predicted molar refractivity (Wildman–Crippen MR) is 57.9 cm³/mol. The summed E-state index contributed by atoms with van der Waals surface area (Å²) >= 11 is 0. The van der Waals surface area contributed by atoms with Crippen LogP contribution in [0.1, 0.15) is 6.92 Å². The lowest BCUT2D eigenvalue weighted by molar-refractivity contribution is -0.120. The molecule has 2 atom stereocenters. The Morgan fingerprint density at radius 2 is 1.94 bits per heavy atom. The maximum absolute atomic E-state index is 11.8. The van der Waals surface area contributed by atoms with Crippen molar-refractivity contribution in [1.82, 2.24) is 5.32 Å². The van der Waals surface area contributed by atoms with Gasteiger partial charge >= 0.3 is 6.03 Å². The van der Waals surface area contributed by atoms with Gasteiger partial charge in [-0.3, -0.25) is 4.79 Å². The average molecular weight is 220 g/mol. The highest BCUT2D eigenvalue weighted by Gasteiger charge is 2.41. The van der Waals surface area contributed by atoms with Gasteiger partial charge in [0.1, 0.15) is 6.04 Å². The molecule has 1 saturated heterocycles. The van der Waals surface area contributed by atoms with Gasteiger partial charge in [0.25, 0.3) is 5.91 Å². The number of imide groups is 1. The second-order valence-electron chi connectivity index (χ2n) is 3.68. The average Bonchev–Trinajstić information content (AvgIpc) is 2.56. The summed E-state index contributed by atoms with van der Waals surface area (Å²) in [6, 6.07) is 7.27. The first-order valence-electron chi connectivity index (χ1n) is 4.99. The normalized spacial score (nSPS) is 22.1. The minimum absolute atomic E-state index is 0.425. The Labute approximate surface area is 92.7 Å². The van der Waals surface area contributed by atoms with Gasteiger partial charge in [0.2, 0.25) is 0 Å². The van der Waals surface area contributed by atoms with Crippen LogP contribution in [-0.4, -0.2) is 29.2 Å². The van der Waals surface area contributed by atoms with Crippen LogP contribution in [0.15, 0.2) is 30.3 Å². The van der Waals surface area contributed by atoms with E-state index in [-0.39, 0.29) is 0 Å². The van der Waals surface area contributed by atoms with Crippen LogP contribution >= 0.6 is 0 Å². The van der Waals surface area contributed by atoms with Crippen molar-refractivity contribution in [2.24, 2.45) is 0 Å². The number of urea groups is 1. The molecule has 1 aromatic carbocycles. The van der Waals surface area contributed by atoms with E-state index in [2.05, 4.69) is 5.32 Å². The quantitative estimate of drug-likeness (QED) is 0.713. The molecule has 1 fully saturated rings. The van der Waals surface area contributed by atoms with E-state index in [9.17, 15) is 14.7 Å². The number of aliphatic hydroxyl groups excluding tert-OH is 1. The standard InChI is InChI=1S/C11H12N2O3/c1-7(14)9-10(15)13(11(16)12-9)8-5-3-2-4-6-8/h2-7,9,14H,1H3,(H,12,16). The van der Waals surface area contributed by atoms with Crippen LogP contribution in [0.25, 0.3) is 0 Å². The summed E-state index contributed by atoms with van der Waals surface area (Å²) in [6.07, 6.45) is -0.898. The Kier molecular flexibility index (Phi) is 2.62. The van der Waals surface area contributed by atoms with Gasteiger partial charge in [-0.2, -0.15) is 0 Å². The highest BCUT2D eigenvalue weighted by molar-refractivity contribution is 6.21. The monoisotopic (exact) mass is 220 g/mol. The first kappa shape index (κ1) is 10.6. The van der Waals surface area contributed by atoms with Crippen LogP contribution in [-0.2, 0) is 4.79 Å². The van der Waals surface area contributed by atoms with Crippen LogP contribution in [0.3, 0.4) is 0 Å². The van der Waals surface area contributed by atoms with Gasteiger partial charge in [-0.25, -0.2) is 9.69 Å². The molecule has 0 radical (unpaired) electrons. The molecule has 1 aliphatic heterocycles. The van der Waals surface area contributed by atoms with E-state index >= 15 is 0 Å². The SMILES string of the molecule is CC(O)C1NC(=O)N(c2ccccc2)C1=O. The maximum atomic E-state index is 11.8. The zero-order valence-electron chi connectivity index (χ0n) is 8.75. The molecular weight excluding hydrogens is 208 g/mol. The fraction of sp³-hybridized carbons (Fsp3) is 0.273. The van der Waals surface area contributed by atoms with Crippen molar-refractivity contribution >= 4 is 17.6 Å². The van der Waals surface area contributed by atoms with E-state index in [0.29, 0.717) is 5.69 Å². The molecule has 84 valence electrons. The van der Waals surface area contributed by atoms with Crippen molar-refractivity contribution in [2.45, 2.75) is 19.1 Å². The second kappa shape index (κ2) is 3.94. The Morgan fingerprint density at radius 3 is 2.44 bits per heavy atom. The number of carbonyl (C=O) groups is 2. The summed E-state index contributed by atoms with van der Waals surface area (Å²) in [5, 5.41) is 11.8. The van der Waals surface area contributed by atoms with E-state index in [1.807, 2.05) is 0 Å². The van der Waals surface area contributed by atoms with Crippen LogP contribution in [0.2, 0.25) is 0 Å². The van der Waals surface area contributed by atoms with E-state index in [0.717, 1.165) is 4.90 Å². The Balaban J connectivity index is 2.30. The van der Waals surface area contributed by atoms with Gasteiger partial charge in [-0.05, 0) is 19.1 Å². The molecule has 5 nitrogen and oxygen atoms in total. The van der Waals surface area contributed by atoms with Crippen molar-refractivity contribution in [3.8, 4) is 0 Å². The molecule has 0 spiro atoms. The molecule has 2 N–H and O–H groups in total. The zero-order valence-corrected chi connectivity index (χ0v) is 8.75. The van der Waals surface area contributed by atoms with Crippen molar-refractivity contribution in [2.75, 3.05) is 4.90 Å². The maximum Gasteiger partial charge on any atom is 0.329 e. The lowest BCUT2D eigenvalue weighted by Crippen LogP contribution is -2.39. The Morgan fingerprint density at radius 1 is 1.31 bits per heavy atom. The number of aliphatic hydroxyl groups is 1. The van der Waals surface area contributed by atoms with Crippen molar-refractivity contribution < 1.29 is 14.7 Å². The fourth-order valence-electron chi connectivity index (χ4n) is 1.65. The van der Waals surface area contributed by atoms with Gasteiger partial charge in [0.05, 0.1) is 11.8 Å². The van der Waals surface area contributed by atoms with Gasteiger partial charge < -0.3 is 10.4 Å². The van der Waals surface area contributed by atoms with Gasteiger partial charge in [0.15, 0.2) is 0 Å². The summed E-state index contributed by atoms with van der Waals surface area (Å²) in [5.74, 6) is -0.425.